The summed E-state index contributed by atoms with van der Waals surface area (Å²) in [6.45, 7) is 0. The van der Waals surface area contributed by atoms with E-state index in [0.717, 1.165) is 22.6 Å². The first-order chi connectivity index (χ1) is 17.1. The number of hydrazone groups is 1. The molecule has 0 spiro atoms. The molecular weight excluding hydrogens is 482 g/mol. The molecule has 3 aromatic carbocycles. The van der Waals surface area contributed by atoms with Crippen molar-refractivity contribution in [2.24, 2.45) is 5.10 Å². The number of ether oxygens (including phenoxy) is 1. The Kier molecular flexibility index (Phi) is 8.32. The van der Waals surface area contributed by atoms with Gasteiger partial charge in [0.05, 0.1) is 24.1 Å². The summed E-state index contributed by atoms with van der Waals surface area (Å²) >= 11 is 7.43. The minimum absolute atomic E-state index is 0.0977. The number of carbonyl (C=O) groups is 1. The number of methoxy groups -OCH3 is 1. The minimum atomic E-state index is -0.291. The topological polar surface area (TPSA) is 81.4 Å². The van der Waals surface area contributed by atoms with Crippen molar-refractivity contribution < 1.29 is 9.53 Å². The fraction of sp³-hybridized carbons (Fsp3) is 0.0769. The predicted octanol–water partition coefficient (Wildman–Crippen LogP) is 5.42. The molecule has 35 heavy (non-hydrogen) atoms. The number of nitrogens with zero attached hydrogens (tertiary/aromatic N) is 4. The van der Waals surface area contributed by atoms with Crippen LogP contribution in [0.5, 0.6) is 5.75 Å². The van der Waals surface area contributed by atoms with Crippen molar-refractivity contribution in [2.45, 2.75) is 5.16 Å². The molecule has 1 amide bonds. The van der Waals surface area contributed by atoms with E-state index in [0.29, 0.717) is 16.0 Å². The lowest BCUT2D eigenvalue weighted by Gasteiger charge is -2.11. The summed E-state index contributed by atoms with van der Waals surface area (Å²) in [5.74, 6) is 1.23. The number of hydrogen-bond donors (Lipinski definition) is 1. The molecule has 1 N–H and O–H groups in total. The lowest BCUT2D eigenvalue weighted by atomic mass is 10.2. The minimum Gasteiger partial charge on any atom is -0.497 e. The molecule has 0 saturated heterocycles. The van der Waals surface area contributed by atoms with Gasteiger partial charge in [-0.3, -0.25) is 9.36 Å². The second-order valence-corrected chi connectivity index (χ2v) is 8.61. The molecule has 0 radical (unpaired) electrons. The van der Waals surface area contributed by atoms with E-state index in [9.17, 15) is 4.79 Å². The third kappa shape index (κ3) is 6.59. The van der Waals surface area contributed by atoms with Gasteiger partial charge in [-0.25, -0.2) is 5.43 Å². The van der Waals surface area contributed by atoms with Crippen LogP contribution in [0.15, 0.2) is 100 Å². The average molecular weight is 504 g/mol. The van der Waals surface area contributed by atoms with E-state index < -0.39 is 0 Å². The van der Waals surface area contributed by atoms with E-state index >= 15 is 0 Å². The number of hydrogen-bond acceptors (Lipinski definition) is 6. The molecule has 1 heterocycles. The maximum atomic E-state index is 12.4. The van der Waals surface area contributed by atoms with E-state index in [2.05, 4.69) is 20.7 Å². The maximum absolute atomic E-state index is 12.4. The molecule has 0 fully saturated rings. The molecule has 4 rings (SSSR count). The predicted molar refractivity (Wildman–Crippen MR) is 141 cm³/mol. The van der Waals surface area contributed by atoms with E-state index in [4.69, 9.17) is 16.3 Å². The first kappa shape index (κ1) is 24.3. The summed E-state index contributed by atoms with van der Waals surface area (Å²) in [5, 5.41) is 13.6. The number of allylic oxidation sites excluding steroid dienone is 1. The van der Waals surface area contributed by atoms with Crippen molar-refractivity contribution in [2.75, 3.05) is 12.9 Å². The summed E-state index contributed by atoms with van der Waals surface area (Å²) < 4.78 is 7.18. The number of aromatic nitrogens is 3. The summed E-state index contributed by atoms with van der Waals surface area (Å²) in [5.41, 5.74) is 5.20. The van der Waals surface area contributed by atoms with Gasteiger partial charge < -0.3 is 4.74 Å². The quantitative estimate of drug-likeness (QED) is 0.187. The Bertz CT molecular complexity index is 1320. The second kappa shape index (κ2) is 12.0. The van der Waals surface area contributed by atoms with Crippen LogP contribution in [-0.2, 0) is 4.79 Å². The van der Waals surface area contributed by atoms with Gasteiger partial charge in [-0.05, 0) is 35.9 Å². The summed E-state index contributed by atoms with van der Waals surface area (Å²) in [6.07, 6.45) is 3.15. The molecule has 0 atom stereocenters. The van der Waals surface area contributed by atoms with Gasteiger partial charge in [0.2, 0.25) is 0 Å². The van der Waals surface area contributed by atoms with Crippen LogP contribution in [0, 0.1) is 0 Å². The van der Waals surface area contributed by atoms with Crippen molar-refractivity contribution in [3.8, 4) is 22.8 Å². The highest BCUT2D eigenvalue weighted by Gasteiger charge is 2.17. The number of halogens is 1. The zero-order chi connectivity index (χ0) is 24.5. The summed E-state index contributed by atoms with van der Waals surface area (Å²) in [4.78, 5) is 12.4. The lowest BCUT2D eigenvalue weighted by Crippen LogP contribution is -2.19. The highest BCUT2D eigenvalue weighted by molar-refractivity contribution is 7.99. The molecular formula is C26H22ClN5O2S. The number of benzene rings is 3. The van der Waals surface area contributed by atoms with Gasteiger partial charge in [0.1, 0.15) is 5.75 Å². The monoisotopic (exact) mass is 503 g/mol. The van der Waals surface area contributed by atoms with Crippen molar-refractivity contribution >= 4 is 41.6 Å². The fourth-order valence-corrected chi connectivity index (χ4v) is 4.09. The normalized spacial score (nSPS) is 11.5. The smallest absolute Gasteiger partial charge is 0.250 e. The Labute approximate surface area is 212 Å². The maximum Gasteiger partial charge on any atom is 0.250 e. The summed E-state index contributed by atoms with van der Waals surface area (Å²) in [7, 11) is 1.62. The molecule has 9 heteroatoms. The molecule has 0 aliphatic rings. The molecule has 7 nitrogen and oxygen atoms in total. The van der Waals surface area contributed by atoms with Crippen LogP contribution in [0.4, 0.5) is 0 Å². The van der Waals surface area contributed by atoms with Crippen LogP contribution in [0.2, 0.25) is 0 Å². The third-order valence-corrected chi connectivity index (χ3v) is 5.95. The molecule has 176 valence electrons. The zero-order valence-electron chi connectivity index (χ0n) is 18.8. The van der Waals surface area contributed by atoms with Gasteiger partial charge in [-0.2, -0.15) is 5.10 Å². The fourth-order valence-electron chi connectivity index (χ4n) is 3.18. The largest absolute Gasteiger partial charge is 0.497 e. The number of amides is 1. The lowest BCUT2D eigenvalue weighted by molar-refractivity contribution is -0.118. The van der Waals surface area contributed by atoms with Crippen LogP contribution in [0.25, 0.3) is 23.2 Å². The SMILES string of the molecule is COc1ccc(-n2c(SCC(=O)N/N=C\C(Cl)=C\c3ccccc3)nnc2-c2ccccc2)cc1. The van der Waals surface area contributed by atoms with E-state index in [1.807, 2.05) is 89.5 Å². The van der Waals surface area contributed by atoms with Crippen molar-refractivity contribution in [1.29, 1.82) is 0 Å². The summed E-state index contributed by atoms with van der Waals surface area (Å²) in [6, 6.07) is 26.9. The van der Waals surface area contributed by atoms with Crippen LogP contribution >= 0.6 is 23.4 Å². The zero-order valence-corrected chi connectivity index (χ0v) is 20.4. The van der Waals surface area contributed by atoms with E-state index in [1.54, 1.807) is 13.2 Å². The molecule has 0 saturated carbocycles. The molecule has 0 bridgehead atoms. The van der Waals surface area contributed by atoms with Gasteiger partial charge in [0.25, 0.3) is 5.91 Å². The molecule has 0 unspecified atom stereocenters. The Hall–Kier alpha value is -3.88. The second-order valence-electron chi connectivity index (χ2n) is 7.23. The van der Waals surface area contributed by atoms with Gasteiger partial charge >= 0.3 is 0 Å². The highest BCUT2D eigenvalue weighted by Crippen LogP contribution is 2.28. The Morgan fingerprint density at radius 2 is 1.71 bits per heavy atom. The van der Waals surface area contributed by atoms with Gasteiger partial charge in [0.15, 0.2) is 11.0 Å². The highest BCUT2D eigenvalue weighted by atomic mass is 35.5. The van der Waals surface area contributed by atoms with Crippen LogP contribution in [0.3, 0.4) is 0 Å². The van der Waals surface area contributed by atoms with Crippen molar-refractivity contribution in [1.82, 2.24) is 20.2 Å². The first-order valence-electron chi connectivity index (χ1n) is 10.7. The molecule has 1 aromatic heterocycles. The standard InChI is InChI=1S/C26H22ClN5O2S/c1-34-23-14-12-22(13-15-23)32-25(20-10-6-3-7-11-20)30-31-26(32)35-18-24(33)29-28-17-21(27)16-19-8-4-2-5-9-19/h2-17H,18H2,1H3,(H,29,33)/b21-16-,28-17-. The third-order valence-electron chi connectivity index (χ3n) is 4.81. The number of rotatable bonds is 9. The van der Waals surface area contributed by atoms with Crippen molar-refractivity contribution in [3.05, 3.63) is 95.5 Å². The Morgan fingerprint density at radius 1 is 1.03 bits per heavy atom. The number of thioether (sulfide) groups is 1. The number of carbonyl (C=O) groups excluding carboxylic acids is 1. The Morgan fingerprint density at radius 3 is 2.40 bits per heavy atom. The molecule has 4 aromatic rings. The van der Waals surface area contributed by atoms with Crippen LogP contribution in [-0.4, -0.2) is 39.7 Å². The van der Waals surface area contributed by atoms with Crippen molar-refractivity contribution in [3.63, 3.8) is 0 Å². The van der Waals surface area contributed by atoms with Gasteiger partial charge in [0, 0.05) is 11.3 Å². The van der Waals surface area contributed by atoms with Crippen LogP contribution < -0.4 is 10.2 Å². The van der Waals surface area contributed by atoms with Gasteiger partial charge in [-0.1, -0.05) is 84.0 Å². The Balaban J connectivity index is 1.46. The van der Waals surface area contributed by atoms with Gasteiger partial charge in [-0.15, -0.1) is 10.2 Å². The number of nitrogens with one attached hydrogen (secondary N) is 1. The van der Waals surface area contributed by atoms with E-state index in [1.165, 1.54) is 18.0 Å². The first-order valence-corrected chi connectivity index (χ1v) is 12.0. The molecule has 0 aliphatic carbocycles. The average Bonchev–Trinajstić information content (AvgIpc) is 3.32. The molecule has 0 aliphatic heterocycles. The van der Waals surface area contributed by atoms with E-state index in [-0.39, 0.29) is 11.7 Å². The van der Waals surface area contributed by atoms with Crippen LogP contribution in [0.1, 0.15) is 5.56 Å².